The monoisotopic (exact) mass is 419 g/mol. The van der Waals surface area contributed by atoms with Gasteiger partial charge in [-0.2, -0.15) is 4.31 Å². The van der Waals surface area contributed by atoms with Gasteiger partial charge in [0.1, 0.15) is 10.7 Å². The van der Waals surface area contributed by atoms with Gasteiger partial charge in [-0.15, -0.1) is 0 Å². The van der Waals surface area contributed by atoms with Crippen molar-refractivity contribution in [2.24, 2.45) is 0 Å². The topological polar surface area (TPSA) is 132 Å². The van der Waals surface area contributed by atoms with E-state index in [0.29, 0.717) is 6.42 Å². The van der Waals surface area contributed by atoms with E-state index in [9.17, 15) is 21.6 Å². The van der Waals surface area contributed by atoms with Gasteiger partial charge in [-0.05, 0) is 12.5 Å². The highest BCUT2D eigenvalue weighted by molar-refractivity contribution is 7.91. The lowest BCUT2D eigenvalue weighted by Crippen LogP contribution is -2.41. The Balaban J connectivity index is 1.98. The molecule has 3 heterocycles. The van der Waals surface area contributed by atoms with E-state index >= 15 is 0 Å². The van der Waals surface area contributed by atoms with E-state index in [-0.39, 0.29) is 54.1 Å². The van der Waals surface area contributed by atoms with Crippen LogP contribution in [0.1, 0.15) is 16.8 Å². The van der Waals surface area contributed by atoms with Gasteiger partial charge < -0.3 is 14.8 Å². The average molecular weight is 419 g/mol. The standard InChI is InChI=1S/C15H21N3O7S2/c1-24-15(19)11-8-13(27(22,23)18-3-5-25-6-4-18)14(16-9-11)17-12-2-7-26(20,21)10-12/h8-9,12H,2-7,10H2,1H3,(H,16,17)/t12-/m0/s1. The lowest BCUT2D eigenvalue weighted by Gasteiger charge is -2.27. The van der Waals surface area contributed by atoms with Crippen molar-refractivity contribution < 1.29 is 31.1 Å². The number of sulfonamides is 1. The molecule has 2 aliphatic rings. The highest BCUT2D eigenvalue weighted by Gasteiger charge is 2.33. The molecule has 0 spiro atoms. The first-order chi connectivity index (χ1) is 12.7. The Bertz CT molecular complexity index is 925. The molecular formula is C15H21N3O7S2. The van der Waals surface area contributed by atoms with Crippen LogP contribution in [-0.2, 0) is 29.3 Å². The first-order valence-electron chi connectivity index (χ1n) is 8.36. The third-order valence-corrected chi connectivity index (χ3v) is 8.11. The highest BCUT2D eigenvalue weighted by Crippen LogP contribution is 2.27. The van der Waals surface area contributed by atoms with E-state index in [1.807, 2.05) is 0 Å². The van der Waals surface area contributed by atoms with Crippen molar-refractivity contribution >= 4 is 31.6 Å². The van der Waals surface area contributed by atoms with Gasteiger partial charge in [0, 0.05) is 25.3 Å². The summed E-state index contributed by atoms with van der Waals surface area (Å²) in [7, 11) is -5.92. The molecule has 1 N–H and O–H groups in total. The summed E-state index contributed by atoms with van der Waals surface area (Å²) in [5.41, 5.74) is -0.00562. The molecule has 1 aromatic rings. The Labute approximate surface area is 157 Å². The van der Waals surface area contributed by atoms with Gasteiger partial charge in [-0.25, -0.2) is 26.6 Å². The maximum absolute atomic E-state index is 13.1. The fourth-order valence-corrected chi connectivity index (χ4v) is 6.22. The summed E-state index contributed by atoms with van der Waals surface area (Å²) in [6, 6.07) is 0.764. The number of sulfone groups is 1. The van der Waals surface area contributed by atoms with E-state index in [0.717, 1.165) is 0 Å². The van der Waals surface area contributed by atoms with Crippen LogP contribution in [0.2, 0.25) is 0 Å². The van der Waals surface area contributed by atoms with E-state index in [2.05, 4.69) is 15.0 Å². The number of anilines is 1. The molecule has 0 radical (unpaired) electrons. The van der Waals surface area contributed by atoms with Crippen molar-refractivity contribution in [2.45, 2.75) is 17.4 Å². The van der Waals surface area contributed by atoms with Crippen molar-refractivity contribution in [3.8, 4) is 0 Å². The summed E-state index contributed by atoms with van der Waals surface area (Å²) in [6.45, 7) is 0.907. The number of aromatic nitrogens is 1. The molecule has 10 nitrogen and oxygen atoms in total. The molecule has 2 saturated heterocycles. The van der Waals surface area contributed by atoms with Crippen molar-refractivity contribution in [3.05, 3.63) is 17.8 Å². The molecule has 0 saturated carbocycles. The van der Waals surface area contributed by atoms with Gasteiger partial charge in [0.2, 0.25) is 10.0 Å². The predicted molar refractivity (Wildman–Crippen MR) is 95.8 cm³/mol. The maximum Gasteiger partial charge on any atom is 0.339 e. The molecule has 0 aliphatic carbocycles. The van der Waals surface area contributed by atoms with Gasteiger partial charge >= 0.3 is 5.97 Å². The number of esters is 1. The first-order valence-corrected chi connectivity index (χ1v) is 11.6. The zero-order chi connectivity index (χ0) is 19.7. The number of morpholine rings is 1. The summed E-state index contributed by atoms with van der Waals surface area (Å²) in [4.78, 5) is 15.7. The highest BCUT2D eigenvalue weighted by atomic mass is 32.2. The van der Waals surface area contributed by atoms with Crippen LogP contribution in [0.3, 0.4) is 0 Å². The SMILES string of the molecule is COC(=O)c1cnc(N[C@H]2CCS(=O)(=O)C2)c(S(=O)(=O)N2CCOCC2)c1. The van der Waals surface area contributed by atoms with Gasteiger partial charge in [-0.3, -0.25) is 0 Å². The molecule has 27 heavy (non-hydrogen) atoms. The molecule has 150 valence electrons. The van der Waals surface area contributed by atoms with Crippen LogP contribution >= 0.6 is 0 Å². The zero-order valence-electron chi connectivity index (χ0n) is 14.8. The largest absolute Gasteiger partial charge is 0.465 e. The van der Waals surface area contributed by atoms with Crippen LogP contribution in [-0.4, -0.2) is 83.1 Å². The van der Waals surface area contributed by atoms with Crippen LogP contribution in [0.4, 0.5) is 5.82 Å². The van der Waals surface area contributed by atoms with Crippen molar-refractivity contribution in [1.82, 2.24) is 9.29 Å². The second-order valence-electron chi connectivity index (χ2n) is 6.32. The number of hydrogen-bond donors (Lipinski definition) is 1. The summed E-state index contributed by atoms with van der Waals surface area (Å²) in [6.07, 6.45) is 1.57. The normalized spacial score (nSPS) is 23.1. The molecule has 3 rings (SSSR count). The third-order valence-electron chi connectivity index (χ3n) is 4.43. The second-order valence-corrected chi connectivity index (χ2v) is 10.5. The minimum absolute atomic E-state index is 0.00562. The number of methoxy groups -OCH3 is 1. The van der Waals surface area contributed by atoms with Crippen molar-refractivity contribution in [2.75, 3.05) is 50.2 Å². The van der Waals surface area contributed by atoms with Gasteiger partial charge in [0.25, 0.3) is 0 Å². The van der Waals surface area contributed by atoms with Crippen LogP contribution in [0.5, 0.6) is 0 Å². The molecule has 2 aliphatic heterocycles. The molecule has 1 aromatic heterocycles. The molecule has 0 unspecified atom stereocenters. The lowest BCUT2D eigenvalue weighted by molar-refractivity contribution is 0.0600. The smallest absolute Gasteiger partial charge is 0.339 e. The van der Waals surface area contributed by atoms with E-state index in [4.69, 9.17) is 4.74 Å². The zero-order valence-corrected chi connectivity index (χ0v) is 16.4. The fourth-order valence-electron chi connectivity index (χ4n) is 3.01. The maximum atomic E-state index is 13.1. The molecule has 2 fully saturated rings. The number of nitrogens with zero attached hydrogens (tertiary/aromatic N) is 2. The molecular weight excluding hydrogens is 398 g/mol. The summed E-state index contributed by atoms with van der Waals surface area (Å²) >= 11 is 0. The Hall–Kier alpha value is -1.76. The minimum atomic E-state index is -3.96. The van der Waals surface area contributed by atoms with Crippen molar-refractivity contribution in [3.63, 3.8) is 0 Å². The van der Waals surface area contributed by atoms with Crippen LogP contribution in [0.25, 0.3) is 0 Å². The summed E-state index contributed by atoms with van der Waals surface area (Å²) < 4.78 is 60.6. The Morgan fingerprint density at radius 2 is 2.07 bits per heavy atom. The molecule has 1 atom stereocenters. The first kappa shape index (κ1) is 20.0. The Kier molecular flexibility index (Phi) is 5.70. The molecule has 0 aromatic carbocycles. The number of carbonyl (C=O) groups excluding carboxylic acids is 1. The Morgan fingerprint density at radius 1 is 1.37 bits per heavy atom. The lowest BCUT2D eigenvalue weighted by atomic mass is 10.2. The average Bonchev–Trinajstić information content (AvgIpc) is 3.00. The van der Waals surface area contributed by atoms with E-state index in [1.165, 1.54) is 23.7 Å². The van der Waals surface area contributed by atoms with E-state index < -0.39 is 31.9 Å². The third kappa shape index (κ3) is 4.39. The van der Waals surface area contributed by atoms with Gasteiger partial charge in [-0.1, -0.05) is 0 Å². The number of carbonyl (C=O) groups is 1. The summed E-state index contributed by atoms with van der Waals surface area (Å²) in [5.74, 6) is -0.742. The van der Waals surface area contributed by atoms with Gasteiger partial charge in [0.15, 0.2) is 9.84 Å². The fraction of sp³-hybridized carbons (Fsp3) is 0.600. The number of nitrogens with one attached hydrogen (secondary N) is 1. The Morgan fingerprint density at radius 3 is 2.67 bits per heavy atom. The van der Waals surface area contributed by atoms with Crippen molar-refractivity contribution in [1.29, 1.82) is 0 Å². The van der Waals surface area contributed by atoms with Crippen LogP contribution in [0, 0.1) is 0 Å². The van der Waals surface area contributed by atoms with Crippen LogP contribution in [0.15, 0.2) is 17.2 Å². The second kappa shape index (κ2) is 7.70. The van der Waals surface area contributed by atoms with Crippen LogP contribution < -0.4 is 5.32 Å². The number of hydrogen-bond acceptors (Lipinski definition) is 9. The quantitative estimate of drug-likeness (QED) is 0.627. The minimum Gasteiger partial charge on any atom is -0.465 e. The predicted octanol–water partition coefficient (Wildman–Crippen LogP) is -0.512. The molecule has 12 heteroatoms. The molecule has 0 amide bonds. The summed E-state index contributed by atoms with van der Waals surface area (Å²) in [5, 5.41) is 2.91. The molecule has 0 bridgehead atoms. The number of ether oxygens (including phenoxy) is 2. The van der Waals surface area contributed by atoms with Gasteiger partial charge in [0.05, 0.1) is 37.4 Å². The number of rotatable bonds is 5. The number of pyridine rings is 1. The van der Waals surface area contributed by atoms with E-state index in [1.54, 1.807) is 0 Å².